The standard InChI is InChI=1S/C8H18N3/c1-6-11(7-9)8(2,3)10(4)5/h9H,6H2,1-5H3/q+1. The van der Waals surface area contributed by atoms with Gasteiger partial charge < -0.3 is 0 Å². The van der Waals surface area contributed by atoms with Crippen molar-refractivity contribution >= 4 is 6.01 Å². The van der Waals surface area contributed by atoms with Crippen molar-refractivity contribution in [1.82, 2.24) is 4.90 Å². The van der Waals surface area contributed by atoms with Gasteiger partial charge in [-0.3, -0.25) is 4.90 Å². The number of hydrogen-bond donors (Lipinski definition) is 1. The highest BCUT2D eigenvalue weighted by Gasteiger charge is 2.27. The Kier molecular flexibility index (Phi) is 3.43. The molecule has 11 heavy (non-hydrogen) atoms. The number of hydrogen-bond acceptors (Lipinski definition) is 2. The van der Waals surface area contributed by atoms with Gasteiger partial charge in [0.15, 0.2) is 5.66 Å². The number of nitrogens with one attached hydrogen (secondary N) is 1. The van der Waals surface area contributed by atoms with Gasteiger partial charge in [-0.05, 0) is 34.9 Å². The van der Waals surface area contributed by atoms with E-state index in [9.17, 15) is 0 Å². The van der Waals surface area contributed by atoms with Gasteiger partial charge in [0.1, 0.15) is 0 Å². The lowest BCUT2D eigenvalue weighted by atomic mass is 10.2. The first-order chi connectivity index (χ1) is 4.96. The highest BCUT2D eigenvalue weighted by Crippen LogP contribution is 2.09. The highest BCUT2D eigenvalue weighted by atomic mass is 15.3. The largest absolute Gasteiger partial charge is 0.305 e. The lowest BCUT2D eigenvalue weighted by Gasteiger charge is -2.30. The molecular formula is C8H18N3+. The Labute approximate surface area is 68.8 Å². The van der Waals surface area contributed by atoms with Gasteiger partial charge in [0.25, 0.3) is 0 Å². The molecule has 0 spiro atoms. The van der Waals surface area contributed by atoms with E-state index in [4.69, 9.17) is 5.41 Å². The van der Waals surface area contributed by atoms with Gasteiger partial charge in [-0.1, -0.05) is 5.41 Å². The highest BCUT2D eigenvalue weighted by molar-refractivity contribution is 5.28. The average Bonchev–Trinajstić information content (AvgIpc) is 1.89. The summed E-state index contributed by atoms with van der Waals surface area (Å²) in [5, 5.41) is 7.06. The quantitative estimate of drug-likeness (QED) is 0.370. The van der Waals surface area contributed by atoms with Crippen molar-refractivity contribution < 1.29 is 4.58 Å². The van der Waals surface area contributed by atoms with Crippen LogP contribution >= 0.6 is 0 Å². The summed E-state index contributed by atoms with van der Waals surface area (Å²) in [6, 6.07) is 2.42. The van der Waals surface area contributed by atoms with E-state index in [-0.39, 0.29) is 5.66 Å². The summed E-state index contributed by atoms with van der Waals surface area (Å²) in [5.74, 6) is 0. The molecule has 0 aliphatic carbocycles. The summed E-state index contributed by atoms with van der Waals surface area (Å²) in [5.41, 5.74) is -0.115. The molecule has 0 bridgehead atoms. The van der Waals surface area contributed by atoms with Crippen LogP contribution in [0.15, 0.2) is 0 Å². The zero-order chi connectivity index (χ0) is 9.07. The van der Waals surface area contributed by atoms with E-state index in [0.29, 0.717) is 0 Å². The Morgan fingerprint density at radius 1 is 1.45 bits per heavy atom. The van der Waals surface area contributed by atoms with Crippen LogP contribution in [0.1, 0.15) is 20.8 Å². The molecule has 0 unspecified atom stereocenters. The van der Waals surface area contributed by atoms with E-state index < -0.39 is 0 Å². The molecule has 0 aliphatic heterocycles. The van der Waals surface area contributed by atoms with Crippen LogP contribution in [0.4, 0.5) is 0 Å². The maximum Gasteiger partial charge on any atom is 0.305 e. The summed E-state index contributed by atoms with van der Waals surface area (Å²) >= 11 is 0. The minimum Gasteiger partial charge on any atom is -0.269 e. The van der Waals surface area contributed by atoms with Gasteiger partial charge in [0, 0.05) is 0 Å². The molecular weight excluding hydrogens is 138 g/mol. The fourth-order valence-corrected chi connectivity index (χ4v) is 0.844. The van der Waals surface area contributed by atoms with Crippen molar-refractivity contribution in [3.05, 3.63) is 0 Å². The predicted octanol–water partition coefficient (Wildman–Crippen LogP) is 1.07. The molecule has 0 saturated carbocycles. The molecule has 0 amide bonds. The van der Waals surface area contributed by atoms with Crippen LogP contribution in [0.3, 0.4) is 0 Å². The summed E-state index contributed by atoms with van der Waals surface area (Å²) in [6.07, 6.45) is 0. The topological polar surface area (TPSA) is 30.1 Å². The van der Waals surface area contributed by atoms with Gasteiger partial charge in [-0.2, -0.15) is 0 Å². The van der Waals surface area contributed by atoms with Crippen LogP contribution in [-0.2, 0) is 0 Å². The zero-order valence-electron chi connectivity index (χ0n) is 8.10. The minimum atomic E-state index is -0.115. The van der Waals surface area contributed by atoms with Crippen LogP contribution in [0.2, 0.25) is 0 Å². The average molecular weight is 156 g/mol. The minimum absolute atomic E-state index is 0.115. The van der Waals surface area contributed by atoms with Crippen molar-refractivity contribution in [2.45, 2.75) is 26.4 Å². The predicted molar refractivity (Wildman–Crippen MR) is 46.3 cm³/mol. The molecule has 1 N–H and O–H groups in total. The smallest absolute Gasteiger partial charge is 0.269 e. The van der Waals surface area contributed by atoms with Crippen LogP contribution in [0, 0.1) is 5.41 Å². The van der Waals surface area contributed by atoms with Crippen molar-refractivity contribution in [2.24, 2.45) is 0 Å². The maximum atomic E-state index is 7.06. The van der Waals surface area contributed by atoms with Gasteiger partial charge in [-0.25, -0.2) is 4.58 Å². The van der Waals surface area contributed by atoms with E-state index in [1.807, 2.05) is 25.6 Å². The SMILES string of the molecule is CC[N+](=C=N)C(C)(C)N(C)C. The zero-order valence-corrected chi connectivity index (χ0v) is 8.10. The molecule has 0 aromatic heterocycles. The molecule has 0 heterocycles. The summed E-state index contributed by atoms with van der Waals surface area (Å²) in [7, 11) is 4.00. The molecule has 0 aromatic carbocycles. The first-order valence-electron chi connectivity index (χ1n) is 3.84. The van der Waals surface area contributed by atoms with Crippen LogP contribution in [-0.4, -0.2) is 41.8 Å². The molecule has 3 heteroatoms. The number of nitrogens with zero attached hydrogens (tertiary/aromatic N) is 2. The third-order valence-electron chi connectivity index (χ3n) is 2.21. The first-order valence-corrected chi connectivity index (χ1v) is 3.84. The van der Waals surface area contributed by atoms with Crippen LogP contribution in [0.25, 0.3) is 0 Å². The molecule has 0 saturated heterocycles. The molecule has 64 valence electrons. The third kappa shape index (κ3) is 2.14. The number of rotatable bonds is 3. The fraction of sp³-hybridized carbons (Fsp3) is 0.875. The second-order valence-electron chi connectivity index (χ2n) is 3.24. The Bertz CT molecular complexity index is 176. The van der Waals surface area contributed by atoms with E-state index in [1.165, 1.54) is 0 Å². The van der Waals surface area contributed by atoms with Gasteiger partial charge in [0.05, 0.1) is 6.54 Å². The van der Waals surface area contributed by atoms with E-state index in [0.717, 1.165) is 6.54 Å². The van der Waals surface area contributed by atoms with Crippen molar-refractivity contribution in [2.75, 3.05) is 20.6 Å². The van der Waals surface area contributed by atoms with Crippen molar-refractivity contribution in [3.8, 4) is 0 Å². The Hall–Kier alpha value is -0.660. The van der Waals surface area contributed by atoms with E-state index in [2.05, 4.69) is 24.8 Å². The van der Waals surface area contributed by atoms with E-state index in [1.54, 1.807) is 0 Å². The van der Waals surface area contributed by atoms with Crippen molar-refractivity contribution in [1.29, 1.82) is 5.41 Å². The van der Waals surface area contributed by atoms with Gasteiger partial charge in [0.2, 0.25) is 0 Å². The summed E-state index contributed by atoms with van der Waals surface area (Å²) in [4.78, 5) is 2.07. The molecule has 0 aromatic rings. The second-order valence-corrected chi connectivity index (χ2v) is 3.24. The fourth-order valence-electron chi connectivity index (χ4n) is 0.844. The van der Waals surface area contributed by atoms with Crippen LogP contribution < -0.4 is 0 Å². The molecule has 0 atom stereocenters. The van der Waals surface area contributed by atoms with Gasteiger partial charge in [-0.15, -0.1) is 0 Å². The van der Waals surface area contributed by atoms with E-state index >= 15 is 0 Å². The molecule has 3 nitrogen and oxygen atoms in total. The molecule has 0 rings (SSSR count). The summed E-state index contributed by atoms with van der Waals surface area (Å²) < 4.78 is 1.85. The molecule has 0 radical (unpaired) electrons. The third-order valence-corrected chi connectivity index (χ3v) is 2.21. The van der Waals surface area contributed by atoms with Crippen molar-refractivity contribution in [3.63, 3.8) is 0 Å². The van der Waals surface area contributed by atoms with Gasteiger partial charge >= 0.3 is 6.01 Å². The molecule has 0 fully saturated rings. The van der Waals surface area contributed by atoms with Crippen LogP contribution in [0.5, 0.6) is 0 Å². The second kappa shape index (κ2) is 3.65. The maximum absolute atomic E-state index is 7.06. The molecule has 0 aliphatic rings. The Morgan fingerprint density at radius 3 is 2.00 bits per heavy atom. The summed E-state index contributed by atoms with van der Waals surface area (Å²) in [6.45, 7) is 6.97. The first kappa shape index (κ1) is 10.3. The lowest BCUT2D eigenvalue weighted by molar-refractivity contribution is -0.619. The Balaban J connectivity index is 4.66. The monoisotopic (exact) mass is 156 g/mol. The normalized spacial score (nSPS) is 11.5. The Morgan fingerprint density at radius 2 is 1.91 bits per heavy atom. The lowest BCUT2D eigenvalue weighted by Crippen LogP contribution is -2.48.